The molecule has 0 saturated carbocycles. The zero-order chi connectivity index (χ0) is 13.8. The normalized spacial score (nSPS) is 10.4. The van der Waals surface area contributed by atoms with Crippen LogP contribution in [0.5, 0.6) is 0 Å². The lowest BCUT2D eigenvalue weighted by Gasteiger charge is -2.05. The number of hydrogen-bond acceptors (Lipinski definition) is 3. The van der Waals surface area contributed by atoms with Gasteiger partial charge in [0.1, 0.15) is 0 Å². The second kappa shape index (κ2) is 5.61. The monoisotopic (exact) mass is 261 g/mol. The summed E-state index contributed by atoms with van der Waals surface area (Å²) in [6, 6.07) is 17.8. The predicted molar refractivity (Wildman–Crippen MR) is 80.1 cm³/mol. The summed E-state index contributed by atoms with van der Waals surface area (Å²) in [5.74, 6) is 0. The van der Waals surface area contributed by atoms with Crippen LogP contribution in [0.25, 0.3) is 22.8 Å². The minimum atomic E-state index is 0.867. The lowest BCUT2D eigenvalue weighted by Crippen LogP contribution is -1.93. The molecule has 0 atom stereocenters. The second-order valence-corrected chi connectivity index (χ2v) is 4.49. The van der Waals surface area contributed by atoms with Gasteiger partial charge < -0.3 is 0 Å². The molecule has 3 aromatic heterocycles. The average Bonchev–Trinajstić information content (AvgIpc) is 2.56. The zero-order valence-corrected chi connectivity index (χ0v) is 11.3. The Morgan fingerprint density at radius 3 is 2.05 bits per heavy atom. The van der Waals surface area contributed by atoms with Crippen molar-refractivity contribution in [1.82, 2.24) is 15.0 Å². The molecule has 0 saturated heterocycles. The van der Waals surface area contributed by atoms with E-state index >= 15 is 0 Å². The molecule has 0 spiro atoms. The van der Waals surface area contributed by atoms with Gasteiger partial charge in [-0.2, -0.15) is 0 Å². The van der Waals surface area contributed by atoms with Crippen molar-refractivity contribution < 1.29 is 0 Å². The van der Waals surface area contributed by atoms with E-state index in [-0.39, 0.29) is 0 Å². The standard InChI is InChI=1S/C17H15N3/c1-2-13-7-5-9-16(19-13)17-11-6-10-15(20-17)14-8-3-4-12-18-14/h3-12H,2H2,1H3. The van der Waals surface area contributed by atoms with Crippen LogP contribution in [0.2, 0.25) is 0 Å². The maximum atomic E-state index is 4.66. The minimum absolute atomic E-state index is 0.867. The van der Waals surface area contributed by atoms with E-state index < -0.39 is 0 Å². The van der Waals surface area contributed by atoms with Crippen molar-refractivity contribution in [2.75, 3.05) is 0 Å². The van der Waals surface area contributed by atoms with Crippen LogP contribution in [0, 0.1) is 0 Å². The number of aromatic nitrogens is 3. The van der Waals surface area contributed by atoms with E-state index in [1.165, 1.54) is 0 Å². The molecule has 0 aliphatic heterocycles. The second-order valence-electron chi connectivity index (χ2n) is 4.49. The van der Waals surface area contributed by atoms with Gasteiger partial charge in [0.2, 0.25) is 0 Å². The third-order valence-corrected chi connectivity index (χ3v) is 3.11. The molecule has 0 aromatic carbocycles. The summed E-state index contributed by atoms with van der Waals surface area (Å²) in [4.78, 5) is 13.6. The molecule has 3 rings (SSSR count). The molecule has 0 amide bonds. The van der Waals surface area contributed by atoms with Crippen LogP contribution in [0.4, 0.5) is 0 Å². The van der Waals surface area contributed by atoms with Crippen LogP contribution in [0.1, 0.15) is 12.6 Å². The van der Waals surface area contributed by atoms with Gasteiger partial charge in [-0.1, -0.05) is 25.1 Å². The Bertz CT molecular complexity index is 708. The highest BCUT2D eigenvalue weighted by atomic mass is 14.8. The summed E-state index contributed by atoms with van der Waals surface area (Å²) < 4.78 is 0. The first-order valence-corrected chi connectivity index (χ1v) is 6.71. The number of rotatable bonds is 3. The van der Waals surface area contributed by atoms with Crippen molar-refractivity contribution in [3.05, 3.63) is 66.5 Å². The van der Waals surface area contributed by atoms with Crippen LogP contribution in [-0.4, -0.2) is 15.0 Å². The van der Waals surface area contributed by atoms with Gasteiger partial charge in [-0.25, -0.2) is 4.98 Å². The molecular weight excluding hydrogens is 246 g/mol. The molecule has 0 bridgehead atoms. The summed E-state index contributed by atoms with van der Waals surface area (Å²) in [6.07, 6.45) is 2.70. The summed E-state index contributed by atoms with van der Waals surface area (Å²) >= 11 is 0. The Balaban J connectivity index is 2.03. The van der Waals surface area contributed by atoms with Crippen LogP contribution in [0.3, 0.4) is 0 Å². The molecule has 0 N–H and O–H groups in total. The lowest BCUT2D eigenvalue weighted by molar-refractivity contribution is 1.03. The fourth-order valence-corrected chi connectivity index (χ4v) is 2.05. The largest absolute Gasteiger partial charge is 0.255 e. The number of aryl methyl sites for hydroxylation is 1. The summed E-state index contributed by atoms with van der Waals surface area (Å²) in [5.41, 5.74) is 4.60. The lowest BCUT2D eigenvalue weighted by atomic mass is 10.2. The fraction of sp³-hybridized carbons (Fsp3) is 0.118. The summed E-state index contributed by atoms with van der Waals surface area (Å²) in [6.45, 7) is 2.10. The first kappa shape index (κ1) is 12.5. The Morgan fingerprint density at radius 2 is 1.35 bits per heavy atom. The van der Waals surface area contributed by atoms with Crippen molar-refractivity contribution >= 4 is 0 Å². The molecule has 3 aromatic rings. The molecule has 0 aliphatic carbocycles. The van der Waals surface area contributed by atoms with Crippen molar-refractivity contribution in [3.8, 4) is 22.8 Å². The predicted octanol–water partition coefficient (Wildman–Crippen LogP) is 3.77. The first-order chi connectivity index (χ1) is 9.86. The van der Waals surface area contributed by atoms with Crippen molar-refractivity contribution in [1.29, 1.82) is 0 Å². The van der Waals surface area contributed by atoms with Crippen LogP contribution >= 0.6 is 0 Å². The molecule has 3 heterocycles. The Hall–Kier alpha value is -2.55. The highest BCUT2D eigenvalue weighted by molar-refractivity contribution is 5.61. The molecule has 0 fully saturated rings. The highest BCUT2D eigenvalue weighted by Gasteiger charge is 2.05. The number of hydrogen-bond donors (Lipinski definition) is 0. The molecule has 3 heteroatoms. The quantitative estimate of drug-likeness (QED) is 0.720. The Labute approximate surface area is 118 Å². The molecule has 20 heavy (non-hydrogen) atoms. The van der Waals surface area contributed by atoms with Gasteiger partial charge in [0.05, 0.1) is 22.8 Å². The molecule has 3 nitrogen and oxygen atoms in total. The van der Waals surface area contributed by atoms with Crippen molar-refractivity contribution in [3.63, 3.8) is 0 Å². The van der Waals surface area contributed by atoms with E-state index in [9.17, 15) is 0 Å². The SMILES string of the molecule is CCc1cccc(-c2cccc(-c3ccccn3)n2)n1. The van der Waals surface area contributed by atoms with Crippen molar-refractivity contribution in [2.24, 2.45) is 0 Å². The fourth-order valence-electron chi connectivity index (χ4n) is 2.05. The number of nitrogens with zero attached hydrogens (tertiary/aromatic N) is 3. The van der Waals surface area contributed by atoms with Gasteiger partial charge in [-0.3, -0.25) is 9.97 Å². The van der Waals surface area contributed by atoms with Gasteiger partial charge in [0.25, 0.3) is 0 Å². The Morgan fingerprint density at radius 1 is 0.700 bits per heavy atom. The molecule has 0 aliphatic rings. The third-order valence-electron chi connectivity index (χ3n) is 3.11. The van der Waals surface area contributed by atoms with Crippen LogP contribution in [0.15, 0.2) is 60.8 Å². The number of pyridine rings is 3. The summed E-state index contributed by atoms with van der Waals surface area (Å²) in [5, 5.41) is 0. The average molecular weight is 261 g/mol. The van der Waals surface area contributed by atoms with E-state index in [0.717, 1.165) is 34.9 Å². The third kappa shape index (κ3) is 2.57. The molecule has 0 unspecified atom stereocenters. The summed E-state index contributed by atoms with van der Waals surface area (Å²) in [7, 11) is 0. The van der Waals surface area contributed by atoms with E-state index in [2.05, 4.69) is 21.9 Å². The van der Waals surface area contributed by atoms with Crippen molar-refractivity contribution in [2.45, 2.75) is 13.3 Å². The highest BCUT2D eigenvalue weighted by Crippen LogP contribution is 2.20. The smallest absolute Gasteiger partial charge is 0.0894 e. The zero-order valence-electron chi connectivity index (χ0n) is 11.3. The van der Waals surface area contributed by atoms with Crippen LogP contribution in [-0.2, 0) is 6.42 Å². The van der Waals surface area contributed by atoms with Gasteiger partial charge in [0, 0.05) is 11.9 Å². The maximum absolute atomic E-state index is 4.66. The molecule has 98 valence electrons. The minimum Gasteiger partial charge on any atom is -0.255 e. The molecule has 0 radical (unpaired) electrons. The van der Waals surface area contributed by atoms with Crippen LogP contribution < -0.4 is 0 Å². The Kier molecular flexibility index (Phi) is 3.50. The van der Waals surface area contributed by atoms with Gasteiger partial charge >= 0.3 is 0 Å². The van der Waals surface area contributed by atoms with Gasteiger partial charge in [0.15, 0.2) is 0 Å². The van der Waals surface area contributed by atoms with E-state index in [1.54, 1.807) is 6.20 Å². The maximum Gasteiger partial charge on any atom is 0.0894 e. The van der Waals surface area contributed by atoms with E-state index in [4.69, 9.17) is 0 Å². The van der Waals surface area contributed by atoms with Gasteiger partial charge in [-0.15, -0.1) is 0 Å². The van der Waals surface area contributed by atoms with E-state index in [0.29, 0.717) is 0 Å². The first-order valence-electron chi connectivity index (χ1n) is 6.71. The topological polar surface area (TPSA) is 38.7 Å². The van der Waals surface area contributed by atoms with E-state index in [1.807, 2.05) is 54.6 Å². The van der Waals surface area contributed by atoms with Gasteiger partial charge in [-0.05, 0) is 42.8 Å². The molecular formula is C17H15N3.